The highest BCUT2D eigenvalue weighted by Gasteiger charge is 2.14. The Labute approximate surface area is 153 Å². The molecular weight excluding hydrogens is 324 g/mol. The van der Waals surface area contributed by atoms with E-state index in [1.165, 1.54) is 0 Å². The second-order valence-electron chi connectivity index (χ2n) is 6.14. The monoisotopic (exact) mass is 346 g/mol. The molecule has 0 aliphatic carbocycles. The summed E-state index contributed by atoms with van der Waals surface area (Å²) in [6, 6.07) is 23.3. The first-order chi connectivity index (χ1) is 12.7. The van der Waals surface area contributed by atoms with Gasteiger partial charge in [-0.15, -0.1) is 0 Å². The van der Waals surface area contributed by atoms with Gasteiger partial charge in [-0.1, -0.05) is 60.7 Å². The lowest BCUT2D eigenvalue weighted by Gasteiger charge is -2.21. The average Bonchev–Trinajstić information content (AvgIpc) is 2.70. The van der Waals surface area contributed by atoms with E-state index < -0.39 is 0 Å². The fourth-order valence-corrected chi connectivity index (χ4v) is 2.88. The van der Waals surface area contributed by atoms with Gasteiger partial charge in [0.2, 0.25) is 5.91 Å². The molecule has 0 aliphatic rings. The van der Waals surface area contributed by atoms with E-state index in [-0.39, 0.29) is 18.4 Å². The average molecular weight is 346 g/mol. The summed E-state index contributed by atoms with van der Waals surface area (Å²) in [5.74, 6) is -0.328. The number of likely N-dealkylation sites (N-methyl/N-ethyl adjacent to an activating group) is 1. The van der Waals surface area contributed by atoms with Crippen LogP contribution in [0, 0.1) is 0 Å². The Morgan fingerprint density at radius 2 is 1.58 bits per heavy atom. The zero-order chi connectivity index (χ0) is 18.4. The number of rotatable bonds is 6. The number of fused-ring (bicyclic) bond motifs is 1. The summed E-state index contributed by atoms with van der Waals surface area (Å²) in [5, 5.41) is 4.82. The molecule has 26 heavy (non-hydrogen) atoms. The molecule has 2 amide bonds. The number of amides is 2. The number of hydrogen-bond acceptors (Lipinski definition) is 2. The minimum absolute atomic E-state index is 0.00761. The maximum Gasteiger partial charge on any atom is 0.251 e. The van der Waals surface area contributed by atoms with Crippen LogP contribution in [-0.4, -0.2) is 29.8 Å². The van der Waals surface area contributed by atoms with Crippen molar-refractivity contribution in [2.45, 2.75) is 13.5 Å². The second-order valence-corrected chi connectivity index (χ2v) is 6.14. The Bertz CT molecular complexity index is 906. The van der Waals surface area contributed by atoms with Crippen molar-refractivity contribution in [3.63, 3.8) is 0 Å². The third-order valence-electron chi connectivity index (χ3n) is 4.36. The number of nitrogens with zero attached hydrogens (tertiary/aromatic N) is 1. The van der Waals surface area contributed by atoms with Gasteiger partial charge in [-0.25, -0.2) is 0 Å². The van der Waals surface area contributed by atoms with Crippen molar-refractivity contribution in [2.24, 2.45) is 0 Å². The first-order valence-electron chi connectivity index (χ1n) is 8.76. The zero-order valence-electron chi connectivity index (χ0n) is 14.8. The fraction of sp³-hybridized carbons (Fsp3) is 0.182. The fourth-order valence-electron chi connectivity index (χ4n) is 2.88. The van der Waals surface area contributed by atoms with Gasteiger partial charge in [0.15, 0.2) is 0 Å². The van der Waals surface area contributed by atoms with Gasteiger partial charge in [-0.05, 0) is 35.4 Å². The molecule has 0 atom stereocenters. The minimum atomic E-state index is -0.236. The molecule has 0 bridgehead atoms. The van der Waals surface area contributed by atoms with Gasteiger partial charge in [-0.3, -0.25) is 9.59 Å². The summed E-state index contributed by atoms with van der Waals surface area (Å²) in [6.45, 7) is 3.07. The summed E-state index contributed by atoms with van der Waals surface area (Å²) >= 11 is 0. The van der Waals surface area contributed by atoms with Crippen LogP contribution in [0.1, 0.15) is 22.8 Å². The van der Waals surface area contributed by atoms with Gasteiger partial charge in [0, 0.05) is 18.7 Å². The predicted octanol–water partition coefficient (Wildman–Crippen LogP) is 3.62. The lowest BCUT2D eigenvalue weighted by Crippen LogP contribution is -2.39. The maximum atomic E-state index is 12.4. The van der Waals surface area contributed by atoms with Crippen molar-refractivity contribution in [1.29, 1.82) is 0 Å². The van der Waals surface area contributed by atoms with Crippen LogP contribution >= 0.6 is 0 Å². The highest BCUT2D eigenvalue weighted by atomic mass is 16.2. The third-order valence-corrected chi connectivity index (χ3v) is 4.36. The standard InChI is InChI=1S/C22H22N2O2/c1-2-24(16-17-8-4-3-5-9-17)21(25)15-23-22(26)20-13-12-18-10-6-7-11-19(18)14-20/h3-14H,2,15-16H2,1H3,(H,23,26). The van der Waals surface area contributed by atoms with Crippen molar-refractivity contribution >= 4 is 22.6 Å². The van der Waals surface area contributed by atoms with Crippen LogP contribution in [0.3, 0.4) is 0 Å². The summed E-state index contributed by atoms with van der Waals surface area (Å²) in [5.41, 5.74) is 1.63. The highest BCUT2D eigenvalue weighted by molar-refractivity contribution is 6.00. The Morgan fingerprint density at radius 1 is 0.885 bits per heavy atom. The third kappa shape index (κ3) is 4.28. The summed E-state index contributed by atoms with van der Waals surface area (Å²) in [7, 11) is 0. The van der Waals surface area contributed by atoms with Crippen molar-refractivity contribution in [1.82, 2.24) is 10.2 Å². The van der Waals surface area contributed by atoms with E-state index in [4.69, 9.17) is 0 Å². The summed E-state index contributed by atoms with van der Waals surface area (Å²) in [4.78, 5) is 26.6. The van der Waals surface area contributed by atoms with Crippen LogP contribution in [0.2, 0.25) is 0 Å². The molecule has 0 saturated heterocycles. The summed E-state index contributed by atoms with van der Waals surface area (Å²) < 4.78 is 0. The Morgan fingerprint density at radius 3 is 2.31 bits per heavy atom. The van der Waals surface area contributed by atoms with Crippen LogP contribution in [0.25, 0.3) is 10.8 Å². The van der Waals surface area contributed by atoms with Gasteiger partial charge in [-0.2, -0.15) is 0 Å². The molecule has 0 heterocycles. The van der Waals surface area contributed by atoms with E-state index in [0.717, 1.165) is 16.3 Å². The molecule has 0 radical (unpaired) electrons. The SMILES string of the molecule is CCN(Cc1ccccc1)C(=O)CNC(=O)c1ccc2ccccc2c1. The topological polar surface area (TPSA) is 49.4 Å². The van der Waals surface area contributed by atoms with Gasteiger partial charge in [0.1, 0.15) is 0 Å². The molecule has 0 unspecified atom stereocenters. The molecule has 4 nitrogen and oxygen atoms in total. The van der Waals surface area contributed by atoms with Crippen molar-refractivity contribution in [3.05, 3.63) is 83.9 Å². The Hall–Kier alpha value is -3.14. The molecule has 3 rings (SSSR count). The van der Waals surface area contributed by atoms with Crippen LogP contribution < -0.4 is 5.32 Å². The largest absolute Gasteiger partial charge is 0.343 e. The number of nitrogens with one attached hydrogen (secondary N) is 1. The number of hydrogen-bond donors (Lipinski definition) is 1. The summed E-state index contributed by atoms with van der Waals surface area (Å²) in [6.07, 6.45) is 0. The molecular formula is C22H22N2O2. The maximum absolute atomic E-state index is 12.4. The van der Waals surface area contributed by atoms with Gasteiger partial charge < -0.3 is 10.2 Å². The molecule has 3 aromatic carbocycles. The smallest absolute Gasteiger partial charge is 0.251 e. The Balaban J connectivity index is 1.60. The highest BCUT2D eigenvalue weighted by Crippen LogP contribution is 2.15. The van der Waals surface area contributed by atoms with E-state index in [1.54, 1.807) is 11.0 Å². The molecule has 0 fully saturated rings. The number of carbonyl (C=O) groups excluding carboxylic acids is 2. The second kappa shape index (κ2) is 8.30. The van der Waals surface area contributed by atoms with Crippen molar-refractivity contribution in [2.75, 3.05) is 13.1 Å². The van der Waals surface area contributed by atoms with E-state index in [1.807, 2.05) is 73.7 Å². The molecule has 0 spiro atoms. The predicted molar refractivity (Wildman–Crippen MR) is 104 cm³/mol. The lowest BCUT2D eigenvalue weighted by atomic mass is 10.1. The number of benzene rings is 3. The van der Waals surface area contributed by atoms with Gasteiger partial charge in [0.25, 0.3) is 5.91 Å². The molecule has 0 aromatic heterocycles. The van der Waals surface area contributed by atoms with Gasteiger partial charge >= 0.3 is 0 Å². The van der Waals surface area contributed by atoms with Crippen LogP contribution in [0.5, 0.6) is 0 Å². The first-order valence-corrected chi connectivity index (χ1v) is 8.76. The molecule has 0 saturated carbocycles. The minimum Gasteiger partial charge on any atom is -0.343 e. The van der Waals surface area contributed by atoms with Crippen LogP contribution in [0.15, 0.2) is 72.8 Å². The van der Waals surface area contributed by atoms with E-state index in [9.17, 15) is 9.59 Å². The number of carbonyl (C=O) groups is 2. The quantitative estimate of drug-likeness (QED) is 0.741. The molecule has 0 aliphatic heterocycles. The first kappa shape index (κ1) is 17.7. The van der Waals surface area contributed by atoms with E-state index in [2.05, 4.69) is 5.32 Å². The van der Waals surface area contributed by atoms with E-state index in [0.29, 0.717) is 18.7 Å². The zero-order valence-corrected chi connectivity index (χ0v) is 14.8. The van der Waals surface area contributed by atoms with Crippen LogP contribution in [0.4, 0.5) is 0 Å². The normalized spacial score (nSPS) is 10.5. The van der Waals surface area contributed by atoms with Crippen molar-refractivity contribution in [3.8, 4) is 0 Å². The molecule has 4 heteroatoms. The van der Waals surface area contributed by atoms with E-state index >= 15 is 0 Å². The lowest BCUT2D eigenvalue weighted by molar-refractivity contribution is -0.130. The van der Waals surface area contributed by atoms with Crippen molar-refractivity contribution < 1.29 is 9.59 Å². The van der Waals surface area contributed by atoms with Crippen LogP contribution in [-0.2, 0) is 11.3 Å². The Kier molecular flexibility index (Phi) is 5.64. The molecule has 3 aromatic rings. The van der Waals surface area contributed by atoms with Gasteiger partial charge in [0.05, 0.1) is 6.54 Å². The molecule has 132 valence electrons. The molecule has 1 N–H and O–H groups in total.